The minimum absolute atomic E-state index is 0.130. The molecule has 2 atom stereocenters. The molecule has 1 saturated carbocycles. The number of carbonyl (C=O) groups excluding carboxylic acids is 2. The molecule has 0 aromatic rings. The summed E-state index contributed by atoms with van der Waals surface area (Å²) in [5, 5.41) is 0. The molecule has 0 aliphatic heterocycles. The molecular weight excluding hydrogens is 232 g/mol. The van der Waals surface area contributed by atoms with Crippen molar-refractivity contribution < 1.29 is 19.1 Å². The third kappa shape index (κ3) is 2.42. The molecule has 1 fully saturated rings. The lowest BCUT2D eigenvalue weighted by atomic mass is 9.65. The maximum Gasteiger partial charge on any atom is 0.330 e. The molecule has 102 valence electrons. The number of allylic oxidation sites excluding steroid dienone is 1. The Morgan fingerprint density at radius 2 is 1.78 bits per heavy atom. The number of methoxy groups -OCH3 is 2. The third-order valence-corrected chi connectivity index (χ3v) is 4.57. The predicted molar refractivity (Wildman–Crippen MR) is 67.8 cm³/mol. The number of ether oxygens (including phenoxy) is 2. The van der Waals surface area contributed by atoms with Gasteiger partial charge in [0.25, 0.3) is 0 Å². The van der Waals surface area contributed by atoms with E-state index >= 15 is 0 Å². The van der Waals surface area contributed by atoms with Crippen LogP contribution < -0.4 is 0 Å². The van der Waals surface area contributed by atoms with Crippen molar-refractivity contribution in [2.75, 3.05) is 14.2 Å². The van der Waals surface area contributed by atoms with Gasteiger partial charge in [-0.1, -0.05) is 26.8 Å². The molecule has 1 rings (SSSR count). The summed E-state index contributed by atoms with van der Waals surface area (Å²) in [5.41, 5.74) is -0.454. The maximum absolute atomic E-state index is 11.8. The smallest absolute Gasteiger partial charge is 0.330 e. The summed E-state index contributed by atoms with van der Waals surface area (Å²) in [4.78, 5) is 23.0. The van der Waals surface area contributed by atoms with Crippen LogP contribution in [0.5, 0.6) is 0 Å². The second-order valence-electron chi connectivity index (χ2n) is 5.61. The highest BCUT2D eigenvalue weighted by Crippen LogP contribution is 2.57. The highest BCUT2D eigenvalue weighted by Gasteiger charge is 2.53. The van der Waals surface area contributed by atoms with Gasteiger partial charge in [0.15, 0.2) is 0 Å². The molecule has 1 aliphatic carbocycles. The van der Waals surface area contributed by atoms with Gasteiger partial charge in [-0.25, -0.2) is 4.79 Å². The third-order valence-electron chi connectivity index (χ3n) is 4.57. The van der Waals surface area contributed by atoms with Crippen LogP contribution in [0.4, 0.5) is 0 Å². The largest absolute Gasteiger partial charge is 0.469 e. The summed E-state index contributed by atoms with van der Waals surface area (Å²) in [7, 11) is 2.77. The van der Waals surface area contributed by atoms with Crippen molar-refractivity contribution >= 4 is 11.9 Å². The van der Waals surface area contributed by atoms with E-state index in [9.17, 15) is 9.59 Å². The van der Waals surface area contributed by atoms with Gasteiger partial charge in [0.1, 0.15) is 0 Å². The quantitative estimate of drug-likeness (QED) is 0.573. The lowest BCUT2D eigenvalue weighted by molar-refractivity contribution is -0.149. The maximum atomic E-state index is 11.8. The van der Waals surface area contributed by atoms with Gasteiger partial charge in [-0.3, -0.25) is 4.79 Å². The van der Waals surface area contributed by atoms with Crippen molar-refractivity contribution in [2.45, 2.75) is 33.6 Å². The molecule has 0 amide bonds. The Labute approximate surface area is 108 Å². The van der Waals surface area contributed by atoms with Gasteiger partial charge < -0.3 is 9.47 Å². The lowest BCUT2D eigenvalue weighted by Gasteiger charge is -2.38. The molecule has 4 nitrogen and oxygen atoms in total. The number of hydrogen-bond acceptors (Lipinski definition) is 4. The van der Waals surface area contributed by atoms with E-state index in [0.29, 0.717) is 0 Å². The molecule has 0 saturated heterocycles. The molecule has 0 N–H and O–H groups in total. The average molecular weight is 254 g/mol. The van der Waals surface area contributed by atoms with E-state index in [0.717, 1.165) is 12.8 Å². The number of carbonyl (C=O) groups is 2. The van der Waals surface area contributed by atoms with Crippen LogP contribution in [0.1, 0.15) is 33.6 Å². The second kappa shape index (κ2) is 5.12. The Morgan fingerprint density at radius 1 is 1.17 bits per heavy atom. The van der Waals surface area contributed by atoms with E-state index in [1.54, 1.807) is 0 Å². The first-order valence-corrected chi connectivity index (χ1v) is 6.13. The molecule has 0 heterocycles. The SMILES string of the molecule is COC(=O)/C=C/C1(C)CCC(C(=O)OC)C1(C)C. The van der Waals surface area contributed by atoms with Gasteiger partial charge in [-0.15, -0.1) is 0 Å². The standard InChI is InChI=1S/C14H22O4/c1-13(2)10(12(16)18-5)6-8-14(13,3)9-7-11(15)17-4/h7,9-10H,6,8H2,1-5H3/b9-7+. The zero-order chi connectivity index (χ0) is 14.0. The molecule has 0 aromatic carbocycles. The molecular formula is C14H22O4. The highest BCUT2D eigenvalue weighted by molar-refractivity contribution is 5.82. The van der Waals surface area contributed by atoms with E-state index in [1.165, 1.54) is 20.3 Å². The Balaban J connectivity index is 2.95. The first-order valence-electron chi connectivity index (χ1n) is 6.13. The first-order chi connectivity index (χ1) is 8.28. The van der Waals surface area contributed by atoms with Gasteiger partial charge in [-0.05, 0) is 23.7 Å². The highest BCUT2D eigenvalue weighted by atomic mass is 16.5. The zero-order valence-electron chi connectivity index (χ0n) is 11.8. The van der Waals surface area contributed by atoms with Crippen LogP contribution in [0.15, 0.2) is 12.2 Å². The molecule has 0 aromatic heterocycles. The van der Waals surface area contributed by atoms with Crippen LogP contribution in [-0.4, -0.2) is 26.2 Å². The molecule has 0 bridgehead atoms. The Morgan fingerprint density at radius 3 is 2.28 bits per heavy atom. The second-order valence-corrected chi connectivity index (χ2v) is 5.61. The summed E-state index contributed by atoms with van der Waals surface area (Å²) in [6.45, 7) is 6.15. The Bertz CT molecular complexity index is 370. The van der Waals surface area contributed by atoms with E-state index in [-0.39, 0.29) is 28.7 Å². The van der Waals surface area contributed by atoms with Crippen molar-refractivity contribution in [1.29, 1.82) is 0 Å². The van der Waals surface area contributed by atoms with Crippen molar-refractivity contribution in [3.8, 4) is 0 Å². The van der Waals surface area contributed by atoms with Crippen molar-refractivity contribution in [2.24, 2.45) is 16.7 Å². The minimum atomic E-state index is -0.367. The Kier molecular flexibility index (Phi) is 4.20. The molecule has 2 unspecified atom stereocenters. The van der Waals surface area contributed by atoms with Gasteiger partial charge in [0.2, 0.25) is 0 Å². The Hall–Kier alpha value is -1.32. The van der Waals surface area contributed by atoms with Gasteiger partial charge in [0, 0.05) is 6.08 Å². The van der Waals surface area contributed by atoms with Crippen LogP contribution in [0.25, 0.3) is 0 Å². The van der Waals surface area contributed by atoms with Crippen molar-refractivity contribution in [3.63, 3.8) is 0 Å². The molecule has 4 heteroatoms. The molecule has 0 spiro atoms. The summed E-state index contributed by atoms with van der Waals surface area (Å²) in [5.74, 6) is -0.668. The molecule has 0 radical (unpaired) electrons. The average Bonchev–Trinajstić information content (AvgIpc) is 2.57. The minimum Gasteiger partial charge on any atom is -0.469 e. The monoisotopic (exact) mass is 254 g/mol. The van der Waals surface area contributed by atoms with Crippen LogP contribution in [0, 0.1) is 16.7 Å². The molecule has 1 aliphatic rings. The van der Waals surface area contributed by atoms with Crippen LogP contribution in [-0.2, 0) is 19.1 Å². The fourth-order valence-corrected chi connectivity index (χ4v) is 2.70. The summed E-state index contributed by atoms with van der Waals surface area (Å²) >= 11 is 0. The van der Waals surface area contributed by atoms with Gasteiger partial charge in [0.05, 0.1) is 20.1 Å². The number of hydrogen-bond donors (Lipinski definition) is 0. The number of esters is 2. The topological polar surface area (TPSA) is 52.6 Å². The van der Waals surface area contributed by atoms with E-state index in [4.69, 9.17) is 4.74 Å². The van der Waals surface area contributed by atoms with E-state index < -0.39 is 0 Å². The van der Waals surface area contributed by atoms with E-state index in [2.05, 4.69) is 11.7 Å². The van der Waals surface area contributed by atoms with Crippen LogP contribution >= 0.6 is 0 Å². The lowest BCUT2D eigenvalue weighted by Crippen LogP contribution is -2.36. The van der Waals surface area contributed by atoms with Crippen LogP contribution in [0.2, 0.25) is 0 Å². The fraction of sp³-hybridized carbons (Fsp3) is 0.714. The summed E-state index contributed by atoms with van der Waals surface area (Å²) in [6.07, 6.45) is 4.94. The normalized spacial score (nSPS) is 30.4. The summed E-state index contributed by atoms with van der Waals surface area (Å²) in [6, 6.07) is 0. The number of rotatable bonds is 3. The molecule has 18 heavy (non-hydrogen) atoms. The predicted octanol–water partition coefficient (Wildman–Crippen LogP) is 2.33. The van der Waals surface area contributed by atoms with E-state index in [1.807, 2.05) is 19.9 Å². The van der Waals surface area contributed by atoms with Crippen molar-refractivity contribution in [1.82, 2.24) is 0 Å². The van der Waals surface area contributed by atoms with Crippen molar-refractivity contribution in [3.05, 3.63) is 12.2 Å². The fourth-order valence-electron chi connectivity index (χ4n) is 2.70. The van der Waals surface area contributed by atoms with Crippen LogP contribution in [0.3, 0.4) is 0 Å². The first kappa shape index (κ1) is 14.7. The summed E-state index contributed by atoms with van der Waals surface area (Å²) < 4.78 is 9.46. The van der Waals surface area contributed by atoms with Gasteiger partial charge in [-0.2, -0.15) is 0 Å². The van der Waals surface area contributed by atoms with Gasteiger partial charge >= 0.3 is 11.9 Å². The zero-order valence-corrected chi connectivity index (χ0v) is 11.8.